The van der Waals surface area contributed by atoms with Crippen molar-refractivity contribution in [1.82, 2.24) is 9.80 Å². The highest BCUT2D eigenvalue weighted by Gasteiger charge is 2.34. The van der Waals surface area contributed by atoms with E-state index in [-0.39, 0.29) is 40.7 Å². The fourth-order valence-electron chi connectivity index (χ4n) is 5.52. The summed E-state index contributed by atoms with van der Waals surface area (Å²) in [4.78, 5) is 17.7. The van der Waals surface area contributed by atoms with Crippen LogP contribution in [0.3, 0.4) is 0 Å². The molecule has 0 bridgehead atoms. The van der Waals surface area contributed by atoms with Crippen LogP contribution >= 0.6 is 11.6 Å². The fourth-order valence-corrected chi connectivity index (χ4v) is 6.70. The Morgan fingerprint density at radius 1 is 1.13 bits per heavy atom. The first-order valence-electron chi connectivity index (χ1n) is 13.8. The van der Waals surface area contributed by atoms with Gasteiger partial charge in [0.15, 0.2) is 0 Å². The summed E-state index contributed by atoms with van der Waals surface area (Å²) in [6, 6.07) is 10.2. The van der Waals surface area contributed by atoms with Crippen molar-refractivity contribution < 1.29 is 23.1 Å². The van der Waals surface area contributed by atoms with E-state index in [2.05, 4.69) is 23.6 Å². The van der Waals surface area contributed by atoms with Gasteiger partial charge in [-0.3, -0.25) is 9.52 Å². The van der Waals surface area contributed by atoms with Crippen molar-refractivity contribution in [2.24, 2.45) is 11.8 Å². The Morgan fingerprint density at radius 3 is 2.49 bits per heavy atom. The number of carbonyl (C=O) groups is 1. The molecule has 3 atom stereocenters. The lowest BCUT2D eigenvalue weighted by Gasteiger charge is -2.38. The largest absolute Gasteiger partial charge is 0.488 e. The number of likely N-dealkylation sites (N-methyl/N-ethyl adjacent to an activating group) is 1. The molecule has 39 heavy (non-hydrogen) atoms. The zero-order valence-corrected chi connectivity index (χ0v) is 24.5. The summed E-state index contributed by atoms with van der Waals surface area (Å²) in [7, 11) is -1.77. The first kappa shape index (κ1) is 29.6. The number of sulfonamides is 1. The first-order chi connectivity index (χ1) is 18.6. The summed E-state index contributed by atoms with van der Waals surface area (Å²) in [6.07, 6.45) is 6.25. The van der Waals surface area contributed by atoms with Crippen LogP contribution in [-0.2, 0) is 10.0 Å². The van der Waals surface area contributed by atoms with Gasteiger partial charge in [0.05, 0.1) is 23.1 Å². The molecule has 0 saturated heterocycles. The van der Waals surface area contributed by atoms with Crippen molar-refractivity contribution in [2.75, 3.05) is 38.0 Å². The van der Waals surface area contributed by atoms with E-state index in [1.54, 1.807) is 17.0 Å². The van der Waals surface area contributed by atoms with Gasteiger partial charge in [-0.15, -0.1) is 0 Å². The fraction of sp³-hybridized carbons (Fsp3) is 0.552. The summed E-state index contributed by atoms with van der Waals surface area (Å²) in [6.45, 7) is 5.84. The number of fused-ring (bicyclic) bond motifs is 1. The van der Waals surface area contributed by atoms with E-state index in [1.165, 1.54) is 62.4 Å². The summed E-state index contributed by atoms with van der Waals surface area (Å²) in [5.74, 6) is 0.823. The summed E-state index contributed by atoms with van der Waals surface area (Å²) >= 11 is 5.91. The lowest BCUT2D eigenvalue weighted by molar-refractivity contribution is 0.0330. The molecule has 8 nitrogen and oxygen atoms in total. The molecule has 1 heterocycles. The Labute approximate surface area is 237 Å². The average molecular weight is 578 g/mol. The zero-order valence-electron chi connectivity index (χ0n) is 23.0. The molecule has 0 unspecified atom stereocenters. The number of ether oxygens (including phenoxy) is 1. The van der Waals surface area contributed by atoms with Gasteiger partial charge in [0, 0.05) is 36.3 Å². The SMILES string of the molecule is C[C@H](CO)N1C[C@H](C)[C@@H](CN(C)CC2CCCCC2)Oc2ccc(NS(=O)(=O)c3ccc(Cl)cc3)cc2C1=O. The van der Waals surface area contributed by atoms with Crippen LogP contribution < -0.4 is 9.46 Å². The number of aliphatic hydroxyl groups excluding tert-OH is 1. The molecule has 2 aromatic rings. The Balaban J connectivity index is 1.60. The molecule has 1 saturated carbocycles. The molecule has 2 N–H and O–H groups in total. The van der Waals surface area contributed by atoms with Crippen LogP contribution in [0, 0.1) is 11.8 Å². The smallest absolute Gasteiger partial charge is 0.261 e. The van der Waals surface area contributed by atoms with Gasteiger partial charge >= 0.3 is 0 Å². The number of hydrogen-bond donors (Lipinski definition) is 2. The van der Waals surface area contributed by atoms with Crippen molar-refractivity contribution >= 4 is 33.2 Å². The van der Waals surface area contributed by atoms with Gasteiger partial charge in [-0.25, -0.2) is 8.42 Å². The maximum Gasteiger partial charge on any atom is 0.261 e. The number of halogens is 1. The van der Waals surface area contributed by atoms with Crippen LogP contribution in [0.4, 0.5) is 5.69 Å². The quantitative estimate of drug-likeness (QED) is 0.441. The number of nitrogens with zero attached hydrogens (tertiary/aromatic N) is 2. The highest BCUT2D eigenvalue weighted by molar-refractivity contribution is 7.92. The second kappa shape index (κ2) is 12.9. The first-order valence-corrected chi connectivity index (χ1v) is 15.6. The molecular weight excluding hydrogens is 538 g/mol. The van der Waals surface area contributed by atoms with Crippen LogP contribution in [0.2, 0.25) is 5.02 Å². The molecule has 1 aliphatic heterocycles. The summed E-state index contributed by atoms with van der Waals surface area (Å²) < 4.78 is 35.0. The number of nitrogens with one attached hydrogen (secondary N) is 1. The number of benzene rings is 2. The van der Waals surface area contributed by atoms with Crippen molar-refractivity contribution in [1.29, 1.82) is 0 Å². The predicted molar refractivity (Wildman–Crippen MR) is 154 cm³/mol. The van der Waals surface area contributed by atoms with E-state index >= 15 is 0 Å². The predicted octanol–water partition coefficient (Wildman–Crippen LogP) is 4.87. The van der Waals surface area contributed by atoms with Crippen LogP contribution in [0.5, 0.6) is 5.75 Å². The lowest BCUT2D eigenvalue weighted by Crippen LogP contribution is -2.50. The number of amides is 1. The third-order valence-corrected chi connectivity index (χ3v) is 9.48. The molecule has 214 valence electrons. The number of rotatable bonds is 9. The topological polar surface area (TPSA) is 99.2 Å². The average Bonchev–Trinajstić information content (AvgIpc) is 2.91. The number of carbonyl (C=O) groups excluding carboxylic acids is 1. The van der Waals surface area contributed by atoms with Gasteiger partial charge in [-0.2, -0.15) is 0 Å². The number of aliphatic hydroxyl groups is 1. The Kier molecular flexibility index (Phi) is 9.80. The standard InChI is InChI=1S/C29H40ClN3O5S/c1-20-16-33(21(2)19-34)29(35)26-15-24(31-39(36,37)25-12-9-23(30)10-13-25)11-14-27(26)38-28(20)18-32(3)17-22-7-5-4-6-8-22/h9-15,20-22,28,31,34H,4-8,16-19H2,1-3H3/t20-,21+,28+/m0/s1. The Bertz CT molecular complexity index is 1230. The summed E-state index contributed by atoms with van der Waals surface area (Å²) in [5.41, 5.74) is 0.510. The van der Waals surface area contributed by atoms with Crippen molar-refractivity contribution in [3.8, 4) is 5.75 Å². The van der Waals surface area contributed by atoms with Gasteiger partial charge in [-0.05, 0) is 75.2 Å². The maximum atomic E-state index is 13.7. The van der Waals surface area contributed by atoms with Crippen molar-refractivity contribution in [3.05, 3.63) is 53.1 Å². The molecular formula is C29H40ClN3O5S. The van der Waals surface area contributed by atoms with E-state index in [0.717, 1.165) is 6.54 Å². The van der Waals surface area contributed by atoms with Crippen LogP contribution in [0.15, 0.2) is 47.4 Å². The van der Waals surface area contributed by atoms with Gasteiger partial charge in [0.2, 0.25) is 0 Å². The molecule has 0 spiro atoms. The van der Waals surface area contributed by atoms with E-state index in [1.807, 2.05) is 6.92 Å². The van der Waals surface area contributed by atoms with Gasteiger partial charge in [0.25, 0.3) is 15.9 Å². The second-order valence-electron chi connectivity index (χ2n) is 11.1. The van der Waals surface area contributed by atoms with E-state index in [4.69, 9.17) is 16.3 Å². The normalized spacial score (nSPS) is 21.6. The van der Waals surface area contributed by atoms with E-state index in [9.17, 15) is 18.3 Å². The van der Waals surface area contributed by atoms with E-state index < -0.39 is 16.1 Å². The molecule has 0 radical (unpaired) electrons. The zero-order chi connectivity index (χ0) is 28.2. The lowest BCUT2D eigenvalue weighted by atomic mass is 9.89. The Hall–Kier alpha value is -2.33. The third-order valence-electron chi connectivity index (χ3n) is 7.83. The van der Waals surface area contributed by atoms with Crippen molar-refractivity contribution in [2.45, 2.75) is 63.0 Å². The second-order valence-corrected chi connectivity index (χ2v) is 13.2. The summed E-state index contributed by atoms with van der Waals surface area (Å²) in [5, 5.41) is 10.3. The number of anilines is 1. The molecule has 0 aromatic heterocycles. The van der Waals surface area contributed by atoms with Crippen LogP contribution in [0.25, 0.3) is 0 Å². The van der Waals surface area contributed by atoms with Crippen LogP contribution in [-0.4, -0.2) is 74.7 Å². The van der Waals surface area contributed by atoms with Gasteiger partial charge < -0.3 is 19.6 Å². The monoisotopic (exact) mass is 577 g/mol. The minimum Gasteiger partial charge on any atom is -0.488 e. The van der Waals surface area contributed by atoms with Gasteiger partial charge in [-0.1, -0.05) is 37.8 Å². The maximum absolute atomic E-state index is 13.7. The molecule has 1 aliphatic carbocycles. The molecule has 2 aliphatic rings. The highest BCUT2D eigenvalue weighted by atomic mass is 35.5. The molecule has 1 amide bonds. The number of hydrogen-bond acceptors (Lipinski definition) is 6. The molecule has 1 fully saturated rings. The molecule has 4 rings (SSSR count). The third kappa shape index (κ3) is 7.45. The van der Waals surface area contributed by atoms with Gasteiger partial charge in [0.1, 0.15) is 11.9 Å². The minimum absolute atomic E-state index is 0.0213. The van der Waals surface area contributed by atoms with E-state index in [0.29, 0.717) is 29.8 Å². The molecule has 2 aromatic carbocycles. The minimum atomic E-state index is -3.90. The highest BCUT2D eigenvalue weighted by Crippen LogP contribution is 2.32. The Morgan fingerprint density at radius 2 is 1.82 bits per heavy atom. The van der Waals surface area contributed by atoms with Crippen LogP contribution in [0.1, 0.15) is 56.3 Å². The molecule has 10 heteroatoms. The van der Waals surface area contributed by atoms with Crippen molar-refractivity contribution in [3.63, 3.8) is 0 Å².